The molecule has 1 aliphatic heterocycles. The second kappa shape index (κ2) is 7.92. The SMILES string of the molecule is O=[N+]([O-])c1ccc(NCC(O)CN2CCc3ccccc3C2)c2ncccc12. The van der Waals surface area contributed by atoms with Crippen LogP contribution in [0.5, 0.6) is 0 Å². The Morgan fingerprint density at radius 3 is 2.82 bits per heavy atom. The second-order valence-electron chi connectivity index (χ2n) is 7.08. The summed E-state index contributed by atoms with van der Waals surface area (Å²) >= 11 is 0. The smallest absolute Gasteiger partial charge is 0.278 e. The monoisotopic (exact) mass is 378 g/mol. The maximum atomic E-state index is 11.2. The molecule has 7 heteroatoms. The summed E-state index contributed by atoms with van der Waals surface area (Å²) in [5, 5.41) is 25.4. The van der Waals surface area contributed by atoms with Crippen LogP contribution in [0.1, 0.15) is 11.1 Å². The first kappa shape index (κ1) is 18.3. The Kier molecular flexibility index (Phi) is 5.18. The number of β-amino-alcohol motifs (C(OH)–C–C–N with tert-alkyl or cyclic N) is 1. The predicted octanol–water partition coefficient (Wildman–Crippen LogP) is 2.97. The minimum absolute atomic E-state index is 0.0289. The lowest BCUT2D eigenvalue weighted by molar-refractivity contribution is -0.383. The van der Waals surface area contributed by atoms with E-state index in [1.807, 2.05) is 6.07 Å². The summed E-state index contributed by atoms with van der Waals surface area (Å²) in [6.07, 6.45) is 2.05. The van der Waals surface area contributed by atoms with Crippen molar-refractivity contribution >= 4 is 22.3 Å². The standard InChI is InChI=1S/C21H22N4O3/c26-17(14-24-11-9-15-4-1-2-5-16(15)13-24)12-23-19-7-8-20(25(27)28)18-6-3-10-22-21(18)19/h1-8,10,17,23,26H,9,11-14H2. The molecule has 0 radical (unpaired) electrons. The first-order chi connectivity index (χ1) is 13.6. The summed E-state index contributed by atoms with van der Waals surface area (Å²) in [5.41, 5.74) is 3.95. The van der Waals surface area contributed by atoms with Crippen LogP contribution in [-0.2, 0) is 13.0 Å². The number of nitro benzene ring substituents is 1. The van der Waals surface area contributed by atoms with Crippen LogP contribution in [0.2, 0.25) is 0 Å². The van der Waals surface area contributed by atoms with Crippen LogP contribution >= 0.6 is 0 Å². The van der Waals surface area contributed by atoms with Crippen molar-refractivity contribution in [1.82, 2.24) is 9.88 Å². The van der Waals surface area contributed by atoms with Crippen LogP contribution in [0.3, 0.4) is 0 Å². The summed E-state index contributed by atoms with van der Waals surface area (Å²) < 4.78 is 0. The summed E-state index contributed by atoms with van der Waals surface area (Å²) in [5.74, 6) is 0. The zero-order chi connectivity index (χ0) is 19.5. The Labute approximate surface area is 162 Å². The Balaban J connectivity index is 1.41. The molecule has 2 heterocycles. The maximum absolute atomic E-state index is 11.2. The summed E-state index contributed by atoms with van der Waals surface area (Å²) in [6.45, 7) is 2.69. The van der Waals surface area contributed by atoms with Gasteiger partial charge in [0.1, 0.15) is 5.52 Å². The number of aliphatic hydroxyl groups is 1. The van der Waals surface area contributed by atoms with Crippen molar-refractivity contribution < 1.29 is 10.0 Å². The van der Waals surface area contributed by atoms with E-state index in [-0.39, 0.29) is 5.69 Å². The van der Waals surface area contributed by atoms with Gasteiger partial charge in [-0.15, -0.1) is 0 Å². The predicted molar refractivity (Wildman–Crippen MR) is 108 cm³/mol. The molecule has 1 aromatic heterocycles. The highest BCUT2D eigenvalue weighted by Crippen LogP contribution is 2.29. The number of anilines is 1. The fraction of sp³-hybridized carbons (Fsp3) is 0.286. The van der Waals surface area contributed by atoms with Crippen LogP contribution in [0.25, 0.3) is 10.9 Å². The number of benzene rings is 2. The zero-order valence-electron chi connectivity index (χ0n) is 15.4. The first-order valence-electron chi connectivity index (χ1n) is 9.35. The topological polar surface area (TPSA) is 91.5 Å². The van der Waals surface area contributed by atoms with Gasteiger partial charge in [-0.2, -0.15) is 0 Å². The van der Waals surface area contributed by atoms with Crippen LogP contribution < -0.4 is 5.32 Å². The molecular weight excluding hydrogens is 356 g/mol. The van der Waals surface area contributed by atoms with Gasteiger partial charge >= 0.3 is 0 Å². The minimum Gasteiger partial charge on any atom is -0.390 e. The lowest BCUT2D eigenvalue weighted by atomic mass is 10.00. The number of fused-ring (bicyclic) bond motifs is 2. The fourth-order valence-corrected chi connectivity index (χ4v) is 3.76. The number of pyridine rings is 1. The summed E-state index contributed by atoms with van der Waals surface area (Å²) in [6, 6.07) is 14.9. The lowest BCUT2D eigenvalue weighted by Gasteiger charge is -2.30. The van der Waals surface area contributed by atoms with Crippen molar-refractivity contribution in [3.8, 4) is 0 Å². The molecule has 0 fully saturated rings. The number of nitro groups is 1. The number of nitrogens with zero attached hydrogens (tertiary/aromatic N) is 3. The van der Waals surface area contributed by atoms with E-state index < -0.39 is 11.0 Å². The molecule has 0 aliphatic carbocycles. The number of nitrogens with one attached hydrogen (secondary N) is 1. The first-order valence-corrected chi connectivity index (χ1v) is 9.35. The van der Waals surface area contributed by atoms with Crippen LogP contribution in [0, 0.1) is 10.1 Å². The average molecular weight is 378 g/mol. The minimum atomic E-state index is -0.556. The van der Waals surface area contributed by atoms with Gasteiger partial charge in [0.25, 0.3) is 5.69 Å². The van der Waals surface area contributed by atoms with Gasteiger partial charge in [-0.25, -0.2) is 0 Å². The molecule has 1 aliphatic rings. The van der Waals surface area contributed by atoms with Crippen molar-refractivity contribution in [2.75, 3.05) is 25.0 Å². The highest BCUT2D eigenvalue weighted by atomic mass is 16.6. The molecule has 1 atom stereocenters. The van der Waals surface area contributed by atoms with Gasteiger partial charge in [0.15, 0.2) is 0 Å². The molecule has 2 N–H and O–H groups in total. The van der Waals surface area contributed by atoms with Gasteiger partial charge < -0.3 is 10.4 Å². The van der Waals surface area contributed by atoms with Crippen molar-refractivity contribution in [2.45, 2.75) is 19.1 Å². The Morgan fingerprint density at radius 2 is 2.00 bits per heavy atom. The Hall–Kier alpha value is -3.03. The van der Waals surface area contributed by atoms with Crippen LogP contribution in [0.15, 0.2) is 54.7 Å². The van der Waals surface area contributed by atoms with Crippen molar-refractivity contribution in [3.63, 3.8) is 0 Å². The fourth-order valence-electron chi connectivity index (χ4n) is 3.76. The third-order valence-corrected chi connectivity index (χ3v) is 5.15. The molecule has 0 spiro atoms. The van der Waals surface area contributed by atoms with Crippen molar-refractivity contribution in [1.29, 1.82) is 0 Å². The highest BCUT2D eigenvalue weighted by Gasteiger charge is 2.19. The average Bonchev–Trinajstić information content (AvgIpc) is 2.71. The highest BCUT2D eigenvalue weighted by molar-refractivity contribution is 5.96. The molecule has 0 amide bonds. The van der Waals surface area contributed by atoms with Crippen molar-refractivity contribution in [3.05, 3.63) is 76.0 Å². The molecule has 144 valence electrons. The molecule has 7 nitrogen and oxygen atoms in total. The Bertz CT molecular complexity index is 1010. The Morgan fingerprint density at radius 1 is 1.18 bits per heavy atom. The van der Waals surface area contributed by atoms with E-state index >= 15 is 0 Å². The molecule has 28 heavy (non-hydrogen) atoms. The van der Waals surface area contributed by atoms with Crippen molar-refractivity contribution in [2.24, 2.45) is 0 Å². The van der Waals surface area contributed by atoms with Gasteiger partial charge in [-0.1, -0.05) is 24.3 Å². The van der Waals surface area contributed by atoms with Gasteiger partial charge in [-0.05, 0) is 35.7 Å². The van der Waals surface area contributed by atoms with Crippen LogP contribution in [-0.4, -0.2) is 45.7 Å². The van der Waals surface area contributed by atoms with E-state index in [4.69, 9.17) is 0 Å². The van der Waals surface area contributed by atoms with Gasteiger partial charge in [0.2, 0.25) is 0 Å². The molecule has 1 unspecified atom stereocenters. The third kappa shape index (κ3) is 3.81. The molecular formula is C21H22N4O3. The number of aliphatic hydroxyl groups excluding tert-OH is 1. The number of aromatic nitrogens is 1. The number of rotatable bonds is 6. The normalized spacial score (nSPS) is 15.2. The molecule has 0 bridgehead atoms. The lowest BCUT2D eigenvalue weighted by Crippen LogP contribution is -2.39. The maximum Gasteiger partial charge on any atom is 0.278 e. The number of hydrogen-bond donors (Lipinski definition) is 2. The molecule has 2 aromatic carbocycles. The molecule has 0 saturated carbocycles. The van der Waals surface area contributed by atoms with E-state index in [2.05, 4.69) is 33.4 Å². The van der Waals surface area contributed by atoms with E-state index in [0.717, 1.165) is 19.5 Å². The van der Waals surface area contributed by atoms with Gasteiger partial charge in [-0.3, -0.25) is 20.0 Å². The van der Waals surface area contributed by atoms with Crippen LogP contribution in [0.4, 0.5) is 11.4 Å². The van der Waals surface area contributed by atoms with E-state index in [0.29, 0.717) is 29.7 Å². The molecule has 0 saturated heterocycles. The second-order valence-corrected chi connectivity index (χ2v) is 7.08. The quantitative estimate of drug-likeness (QED) is 0.506. The third-order valence-electron chi connectivity index (χ3n) is 5.15. The summed E-state index contributed by atoms with van der Waals surface area (Å²) in [4.78, 5) is 17.3. The van der Waals surface area contributed by atoms with Gasteiger partial charge in [0.05, 0.1) is 22.1 Å². The summed E-state index contributed by atoms with van der Waals surface area (Å²) in [7, 11) is 0. The zero-order valence-corrected chi connectivity index (χ0v) is 15.4. The molecule has 3 aromatic rings. The number of hydrogen-bond acceptors (Lipinski definition) is 6. The largest absolute Gasteiger partial charge is 0.390 e. The van der Waals surface area contributed by atoms with E-state index in [1.54, 1.807) is 24.4 Å². The van der Waals surface area contributed by atoms with E-state index in [1.165, 1.54) is 17.2 Å². The van der Waals surface area contributed by atoms with E-state index in [9.17, 15) is 15.2 Å². The van der Waals surface area contributed by atoms with Gasteiger partial charge in [0, 0.05) is 38.4 Å². The number of non-ortho nitro benzene ring substituents is 1. The molecule has 4 rings (SSSR count).